The highest BCUT2D eigenvalue weighted by molar-refractivity contribution is 5.94. The van der Waals surface area contributed by atoms with E-state index in [-0.39, 0.29) is 5.57 Å². The number of benzene rings is 1. The molecule has 0 aliphatic carbocycles. The maximum atomic E-state index is 11.9. The van der Waals surface area contributed by atoms with E-state index in [9.17, 15) is 9.90 Å². The lowest BCUT2D eigenvalue weighted by Crippen LogP contribution is -2.23. The molecule has 0 fully saturated rings. The zero-order valence-corrected chi connectivity index (χ0v) is 12.2. The molecule has 0 radical (unpaired) electrons. The third-order valence-electron chi connectivity index (χ3n) is 4.08. The zero-order valence-electron chi connectivity index (χ0n) is 12.2. The third kappa shape index (κ3) is 1.91. The summed E-state index contributed by atoms with van der Waals surface area (Å²) in [4.78, 5) is 11.9. The van der Waals surface area contributed by atoms with Crippen molar-refractivity contribution in [2.24, 2.45) is 0 Å². The van der Waals surface area contributed by atoms with Crippen LogP contribution in [-0.4, -0.2) is 31.6 Å². The number of hydrogen-bond acceptors (Lipinski definition) is 6. The molecule has 1 unspecified atom stereocenters. The fourth-order valence-corrected chi connectivity index (χ4v) is 3.07. The lowest BCUT2D eigenvalue weighted by Gasteiger charge is -2.26. The molecule has 8 nitrogen and oxygen atoms in total. The number of carbonyl (C=O) groups is 1. The van der Waals surface area contributed by atoms with Gasteiger partial charge in [0, 0.05) is 17.5 Å². The number of fused-ring (bicyclic) bond motifs is 2. The maximum absolute atomic E-state index is 11.9. The minimum Gasteiger partial charge on any atom is -0.478 e. The second-order valence-electron chi connectivity index (χ2n) is 5.28. The Kier molecular flexibility index (Phi) is 2.90. The predicted molar refractivity (Wildman–Crippen MR) is 80.8 cm³/mol. The van der Waals surface area contributed by atoms with E-state index in [1.54, 1.807) is 12.3 Å². The summed E-state index contributed by atoms with van der Waals surface area (Å²) in [6, 6.07) is 5.43. The van der Waals surface area contributed by atoms with E-state index >= 15 is 0 Å². The number of nitrogens with one attached hydrogen (secondary N) is 2. The molecule has 8 heteroatoms. The van der Waals surface area contributed by atoms with Gasteiger partial charge in [-0.3, -0.25) is 5.10 Å². The van der Waals surface area contributed by atoms with Crippen molar-refractivity contribution in [2.75, 3.05) is 5.32 Å². The number of aromatic amines is 1. The van der Waals surface area contributed by atoms with E-state index in [0.717, 1.165) is 11.1 Å². The van der Waals surface area contributed by atoms with E-state index in [1.165, 1.54) is 0 Å². The number of carboxylic acid groups (broad SMARTS) is 1. The van der Waals surface area contributed by atoms with E-state index < -0.39 is 11.9 Å². The van der Waals surface area contributed by atoms with Gasteiger partial charge in [0.2, 0.25) is 0 Å². The highest BCUT2D eigenvalue weighted by Gasteiger charge is 2.35. The van der Waals surface area contributed by atoms with Gasteiger partial charge in [-0.05, 0) is 28.4 Å². The van der Waals surface area contributed by atoms with E-state index in [0.29, 0.717) is 29.0 Å². The Balaban J connectivity index is 2.03. The van der Waals surface area contributed by atoms with Gasteiger partial charge in [0.25, 0.3) is 0 Å². The summed E-state index contributed by atoms with van der Waals surface area (Å²) in [6.07, 6.45) is 2.26. The normalized spacial score (nSPS) is 17.2. The van der Waals surface area contributed by atoms with E-state index in [2.05, 4.69) is 25.8 Å². The van der Waals surface area contributed by atoms with Crippen molar-refractivity contribution in [1.82, 2.24) is 20.5 Å². The number of aromatic nitrogens is 4. The van der Waals surface area contributed by atoms with Crippen LogP contribution in [0.4, 0.5) is 5.82 Å². The van der Waals surface area contributed by atoms with Crippen molar-refractivity contribution in [3.05, 3.63) is 46.8 Å². The molecule has 1 aromatic carbocycles. The quantitative estimate of drug-likeness (QED) is 0.679. The number of hydrogen-bond donors (Lipinski definition) is 3. The average molecular weight is 311 g/mol. The SMILES string of the molecule is CCC1=C(C(=O)O)C(c2cccc3nonc23)c2c[nH]nc2N1. The number of carboxylic acids is 1. The second-order valence-corrected chi connectivity index (χ2v) is 5.28. The van der Waals surface area contributed by atoms with Crippen molar-refractivity contribution in [2.45, 2.75) is 19.3 Å². The van der Waals surface area contributed by atoms with Gasteiger partial charge in [0.15, 0.2) is 5.82 Å². The summed E-state index contributed by atoms with van der Waals surface area (Å²) in [5, 5.41) is 27.6. The monoisotopic (exact) mass is 311 g/mol. The summed E-state index contributed by atoms with van der Waals surface area (Å²) in [5.74, 6) is -0.835. The van der Waals surface area contributed by atoms with Crippen LogP contribution in [0.3, 0.4) is 0 Å². The Bertz CT molecular complexity index is 939. The Morgan fingerprint density at radius 2 is 2.22 bits per heavy atom. The minimum absolute atomic E-state index is 0.289. The summed E-state index contributed by atoms with van der Waals surface area (Å²) in [7, 11) is 0. The molecule has 0 spiro atoms. The van der Waals surface area contributed by atoms with Crippen molar-refractivity contribution in [3.63, 3.8) is 0 Å². The maximum Gasteiger partial charge on any atom is 0.334 e. The molecule has 2 aromatic heterocycles. The summed E-state index contributed by atoms with van der Waals surface area (Å²) in [6.45, 7) is 1.90. The van der Waals surface area contributed by atoms with E-state index in [4.69, 9.17) is 4.63 Å². The second kappa shape index (κ2) is 4.94. The van der Waals surface area contributed by atoms with E-state index in [1.807, 2.05) is 19.1 Å². The fourth-order valence-electron chi connectivity index (χ4n) is 3.07. The molecular weight excluding hydrogens is 298 g/mol. The highest BCUT2D eigenvalue weighted by atomic mass is 16.6. The van der Waals surface area contributed by atoms with Gasteiger partial charge in [-0.15, -0.1) is 0 Å². The lowest BCUT2D eigenvalue weighted by molar-refractivity contribution is -0.133. The van der Waals surface area contributed by atoms with Crippen LogP contribution in [0.2, 0.25) is 0 Å². The molecule has 3 aromatic rings. The zero-order chi connectivity index (χ0) is 16.0. The number of anilines is 1. The average Bonchev–Trinajstić information content (AvgIpc) is 3.20. The van der Waals surface area contributed by atoms with Crippen LogP contribution in [0.25, 0.3) is 11.0 Å². The predicted octanol–water partition coefficient (Wildman–Crippen LogP) is 2.25. The molecule has 4 rings (SSSR count). The number of allylic oxidation sites excluding steroid dienone is 1. The van der Waals surface area contributed by atoms with Crippen LogP contribution < -0.4 is 5.32 Å². The molecule has 1 aliphatic rings. The molecule has 0 saturated carbocycles. The Labute approximate surface area is 130 Å². The smallest absolute Gasteiger partial charge is 0.334 e. The molecule has 0 bridgehead atoms. The molecule has 116 valence electrons. The first-order chi connectivity index (χ1) is 11.2. The van der Waals surface area contributed by atoms with Gasteiger partial charge in [-0.2, -0.15) is 5.10 Å². The van der Waals surface area contributed by atoms with Gasteiger partial charge in [-0.1, -0.05) is 19.1 Å². The third-order valence-corrected chi connectivity index (χ3v) is 4.08. The van der Waals surface area contributed by atoms with Crippen LogP contribution in [0.1, 0.15) is 30.4 Å². The van der Waals surface area contributed by atoms with Gasteiger partial charge >= 0.3 is 5.97 Å². The minimum atomic E-state index is -0.973. The Morgan fingerprint density at radius 1 is 1.35 bits per heavy atom. The summed E-state index contributed by atoms with van der Waals surface area (Å²) < 4.78 is 4.81. The number of H-pyrrole nitrogens is 1. The Morgan fingerprint density at radius 3 is 3.00 bits per heavy atom. The molecule has 0 amide bonds. The highest BCUT2D eigenvalue weighted by Crippen LogP contribution is 2.43. The summed E-state index contributed by atoms with van der Waals surface area (Å²) >= 11 is 0. The van der Waals surface area contributed by atoms with Gasteiger partial charge in [0.1, 0.15) is 11.0 Å². The Hall–Kier alpha value is -3.16. The van der Waals surface area contributed by atoms with Crippen molar-refractivity contribution in [3.8, 4) is 0 Å². The summed E-state index contributed by atoms with van der Waals surface area (Å²) in [5.41, 5.74) is 3.56. The van der Waals surface area contributed by atoms with Crippen LogP contribution in [0.15, 0.2) is 40.3 Å². The van der Waals surface area contributed by atoms with Crippen molar-refractivity contribution >= 4 is 22.8 Å². The van der Waals surface area contributed by atoms with Gasteiger partial charge in [-0.25, -0.2) is 9.42 Å². The standard InChI is InChI=1S/C15H13N5O3/c1-2-9-12(15(21)22)11(8-6-16-18-14(8)17-9)7-4-3-5-10-13(7)20-23-19-10/h3-6,11H,2H2,1H3,(H,21,22)(H2,16,17,18). The molecule has 1 aliphatic heterocycles. The topological polar surface area (TPSA) is 117 Å². The molecule has 3 heterocycles. The number of aliphatic carboxylic acids is 1. The molecule has 1 atom stereocenters. The fraction of sp³-hybridized carbons (Fsp3) is 0.200. The molecular formula is C15H13N5O3. The van der Waals surface area contributed by atoms with Crippen LogP contribution >= 0.6 is 0 Å². The molecule has 0 saturated heterocycles. The lowest BCUT2D eigenvalue weighted by atomic mass is 9.81. The van der Waals surface area contributed by atoms with Crippen LogP contribution in [0.5, 0.6) is 0 Å². The first-order valence-electron chi connectivity index (χ1n) is 7.19. The first-order valence-corrected chi connectivity index (χ1v) is 7.19. The largest absolute Gasteiger partial charge is 0.478 e. The van der Waals surface area contributed by atoms with Crippen molar-refractivity contribution < 1.29 is 14.5 Å². The number of rotatable bonds is 3. The van der Waals surface area contributed by atoms with Crippen LogP contribution in [0, 0.1) is 0 Å². The van der Waals surface area contributed by atoms with Crippen molar-refractivity contribution in [1.29, 1.82) is 0 Å². The van der Waals surface area contributed by atoms with Gasteiger partial charge in [0.05, 0.1) is 11.5 Å². The van der Waals surface area contributed by atoms with Crippen LogP contribution in [-0.2, 0) is 4.79 Å². The number of nitrogens with zero attached hydrogens (tertiary/aromatic N) is 3. The molecule has 23 heavy (non-hydrogen) atoms. The first kappa shape index (κ1) is 13.5. The van der Waals surface area contributed by atoms with Gasteiger partial charge < -0.3 is 10.4 Å². The molecule has 3 N–H and O–H groups in total.